The molecule has 0 N–H and O–H groups in total. The summed E-state index contributed by atoms with van der Waals surface area (Å²) < 4.78 is 0. The SMILES string of the molecule is C=CCN(C(=O)c1cccc(N2CCN(CCC(c3ccccc3)c3ccccc3)CC2)c1)c1ccccc1. The van der Waals surface area contributed by atoms with Gasteiger partial charge in [-0.25, -0.2) is 0 Å². The topological polar surface area (TPSA) is 26.8 Å². The number of hydrogen-bond donors (Lipinski definition) is 0. The lowest BCUT2D eigenvalue weighted by molar-refractivity contribution is 0.0989. The monoisotopic (exact) mass is 515 g/mol. The second-order valence-corrected chi connectivity index (χ2v) is 10.1. The number of benzene rings is 4. The van der Waals surface area contributed by atoms with E-state index in [1.807, 2.05) is 48.5 Å². The Morgan fingerprint density at radius 3 is 1.95 bits per heavy atom. The molecule has 0 spiro atoms. The molecule has 39 heavy (non-hydrogen) atoms. The molecule has 1 fully saturated rings. The molecule has 0 aromatic heterocycles. The van der Waals surface area contributed by atoms with E-state index in [1.165, 1.54) is 11.1 Å². The van der Waals surface area contributed by atoms with E-state index in [0.29, 0.717) is 18.0 Å². The van der Waals surface area contributed by atoms with Crippen molar-refractivity contribution in [2.75, 3.05) is 49.1 Å². The Hall–Kier alpha value is -4.15. The van der Waals surface area contributed by atoms with E-state index in [2.05, 4.69) is 83.1 Å². The molecule has 4 heteroatoms. The van der Waals surface area contributed by atoms with Crippen LogP contribution < -0.4 is 9.80 Å². The Kier molecular flexibility index (Phi) is 8.87. The van der Waals surface area contributed by atoms with Gasteiger partial charge in [-0.1, -0.05) is 91.0 Å². The lowest BCUT2D eigenvalue weighted by Gasteiger charge is -2.37. The predicted molar refractivity (Wildman–Crippen MR) is 163 cm³/mol. The quantitative estimate of drug-likeness (QED) is 0.216. The molecule has 0 radical (unpaired) electrons. The first kappa shape index (κ1) is 26.5. The van der Waals surface area contributed by atoms with Gasteiger partial charge in [0.25, 0.3) is 5.91 Å². The van der Waals surface area contributed by atoms with E-state index in [1.54, 1.807) is 11.0 Å². The number of rotatable bonds is 10. The number of hydrogen-bond acceptors (Lipinski definition) is 3. The highest BCUT2D eigenvalue weighted by Crippen LogP contribution is 2.29. The van der Waals surface area contributed by atoms with E-state index < -0.39 is 0 Å². The molecule has 0 saturated carbocycles. The van der Waals surface area contributed by atoms with E-state index in [0.717, 1.165) is 50.5 Å². The molecule has 5 rings (SSSR count). The van der Waals surface area contributed by atoms with Gasteiger partial charge in [-0.2, -0.15) is 0 Å². The fraction of sp³-hybridized carbons (Fsp3) is 0.229. The third-order valence-corrected chi connectivity index (χ3v) is 7.59. The number of nitrogens with zero attached hydrogens (tertiary/aromatic N) is 3. The largest absolute Gasteiger partial charge is 0.369 e. The van der Waals surface area contributed by atoms with E-state index in [9.17, 15) is 4.79 Å². The summed E-state index contributed by atoms with van der Waals surface area (Å²) in [6.07, 6.45) is 2.87. The van der Waals surface area contributed by atoms with Crippen LogP contribution in [-0.4, -0.2) is 50.1 Å². The predicted octanol–water partition coefficient (Wildman–Crippen LogP) is 6.86. The summed E-state index contributed by atoms with van der Waals surface area (Å²) in [5.74, 6) is 0.394. The van der Waals surface area contributed by atoms with Crippen molar-refractivity contribution < 1.29 is 4.79 Å². The molecular weight excluding hydrogens is 478 g/mol. The molecule has 1 aliphatic heterocycles. The van der Waals surface area contributed by atoms with Crippen LogP contribution in [0.25, 0.3) is 0 Å². The zero-order valence-corrected chi connectivity index (χ0v) is 22.5. The van der Waals surface area contributed by atoms with Crippen LogP contribution in [-0.2, 0) is 0 Å². The van der Waals surface area contributed by atoms with E-state index >= 15 is 0 Å². The molecule has 0 aliphatic carbocycles. The normalized spacial score (nSPS) is 13.8. The van der Waals surface area contributed by atoms with Gasteiger partial charge in [0.2, 0.25) is 0 Å². The molecule has 0 bridgehead atoms. The van der Waals surface area contributed by atoms with E-state index in [-0.39, 0.29) is 5.91 Å². The summed E-state index contributed by atoms with van der Waals surface area (Å²) in [5.41, 5.74) is 5.45. The van der Waals surface area contributed by atoms with Crippen molar-refractivity contribution in [3.05, 3.63) is 145 Å². The van der Waals surface area contributed by atoms with E-state index in [4.69, 9.17) is 0 Å². The average molecular weight is 516 g/mol. The fourth-order valence-corrected chi connectivity index (χ4v) is 5.47. The average Bonchev–Trinajstić information content (AvgIpc) is 3.01. The summed E-state index contributed by atoms with van der Waals surface area (Å²) in [6.45, 7) is 9.32. The summed E-state index contributed by atoms with van der Waals surface area (Å²) in [4.78, 5) is 20.2. The van der Waals surface area contributed by atoms with Gasteiger partial charge in [0, 0.05) is 55.6 Å². The molecule has 1 aliphatic rings. The third kappa shape index (κ3) is 6.65. The van der Waals surface area contributed by atoms with Crippen LogP contribution in [0.1, 0.15) is 33.8 Å². The summed E-state index contributed by atoms with van der Waals surface area (Å²) in [7, 11) is 0. The highest BCUT2D eigenvalue weighted by Gasteiger charge is 2.22. The second kappa shape index (κ2) is 13.1. The van der Waals surface area contributed by atoms with Gasteiger partial charge in [0.15, 0.2) is 0 Å². The van der Waals surface area contributed by atoms with Crippen molar-refractivity contribution >= 4 is 17.3 Å². The zero-order chi connectivity index (χ0) is 26.9. The second-order valence-electron chi connectivity index (χ2n) is 10.1. The lowest BCUT2D eigenvalue weighted by atomic mass is 9.88. The Balaban J connectivity index is 1.21. The molecule has 198 valence electrons. The van der Waals surface area contributed by atoms with Crippen LogP contribution in [0.3, 0.4) is 0 Å². The maximum atomic E-state index is 13.5. The number of para-hydroxylation sites is 1. The molecule has 1 heterocycles. The highest BCUT2D eigenvalue weighted by atomic mass is 16.2. The maximum Gasteiger partial charge on any atom is 0.258 e. The number of amides is 1. The minimum Gasteiger partial charge on any atom is -0.369 e. The first-order valence-corrected chi connectivity index (χ1v) is 13.9. The van der Waals surface area contributed by atoms with Crippen molar-refractivity contribution in [1.29, 1.82) is 0 Å². The number of anilines is 2. The molecule has 4 nitrogen and oxygen atoms in total. The van der Waals surface area contributed by atoms with Crippen molar-refractivity contribution in [1.82, 2.24) is 4.90 Å². The molecule has 0 atom stereocenters. The minimum atomic E-state index is -0.00514. The van der Waals surface area contributed by atoms with Crippen LogP contribution in [0.4, 0.5) is 11.4 Å². The zero-order valence-electron chi connectivity index (χ0n) is 22.5. The Morgan fingerprint density at radius 1 is 0.769 bits per heavy atom. The molecule has 0 unspecified atom stereocenters. The summed E-state index contributed by atoms with van der Waals surface area (Å²) in [6, 6.07) is 39.6. The van der Waals surface area contributed by atoms with Crippen molar-refractivity contribution in [3.8, 4) is 0 Å². The van der Waals surface area contributed by atoms with Gasteiger partial charge in [-0.05, 0) is 54.4 Å². The minimum absolute atomic E-state index is 0.00514. The van der Waals surface area contributed by atoms with Crippen LogP contribution in [0.5, 0.6) is 0 Å². The first-order chi connectivity index (χ1) is 19.2. The van der Waals surface area contributed by atoms with Crippen LogP contribution in [0, 0.1) is 0 Å². The summed E-state index contributed by atoms with van der Waals surface area (Å²) in [5, 5.41) is 0. The van der Waals surface area contributed by atoms with Crippen molar-refractivity contribution in [2.45, 2.75) is 12.3 Å². The highest BCUT2D eigenvalue weighted by molar-refractivity contribution is 6.06. The third-order valence-electron chi connectivity index (χ3n) is 7.59. The van der Waals surface area contributed by atoms with Gasteiger partial charge in [0.1, 0.15) is 0 Å². The van der Waals surface area contributed by atoms with Gasteiger partial charge in [0.05, 0.1) is 0 Å². The van der Waals surface area contributed by atoms with Crippen LogP contribution in [0.15, 0.2) is 128 Å². The van der Waals surface area contributed by atoms with Gasteiger partial charge in [-0.15, -0.1) is 6.58 Å². The fourth-order valence-electron chi connectivity index (χ4n) is 5.47. The number of carbonyl (C=O) groups is 1. The standard InChI is InChI=1S/C35H37N3O/c1-2-22-38(32-18-10-5-11-19-32)35(39)31-17-12-20-33(28-31)37-26-24-36(25-27-37)23-21-34(29-13-6-3-7-14-29)30-15-8-4-9-16-30/h2-20,28,34H,1,21-27H2. The first-order valence-electron chi connectivity index (χ1n) is 13.9. The number of piperazine rings is 1. The Bertz CT molecular complexity index is 1290. The molecular formula is C35H37N3O. The van der Waals surface area contributed by atoms with Gasteiger partial charge in [-0.3, -0.25) is 9.69 Å². The van der Waals surface area contributed by atoms with Crippen molar-refractivity contribution in [2.24, 2.45) is 0 Å². The van der Waals surface area contributed by atoms with Gasteiger partial charge >= 0.3 is 0 Å². The molecule has 4 aromatic rings. The smallest absolute Gasteiger partial charge is 0.258 e. The Morgan fingerprint density at radius 2 is 1.36 bits per heavy atom. The Labute approximate surface area is 232 Å². The van der Waals surface area contributed by atoms with Crippen LogP contribution in [0.2, 0.25) is 0 Å². The molecule has 4 aromatic carbocycles. The lowest BCUT2D eigenvalue weighted by Crippen LogP contribution is -2.46. The number of carbonyl (C=O) groups excluding carboxylic acids is 1. The van der Waals surface area contributed by atoms with Crippen LogP contribution >= 0.6 is 0 Å². The maximum absolute atomic E-state index is 13.5. The van der Waals surface area contributed by atoms with Gasteiger partial charge < -0.3 is 9.80 Å². The summed E-state index contributed by atoms with van der Waals surface area (Å²) >= 11 is 0. The van der Waals surface area contributed by atoms with Crippen molar-refractivity contribution in [3.63, 3.8) is 0 Å². The molecule has 1 amide bonds. The molecule has 1 saturated heterocycles.